The van der Waals surface area contributed by atoms with E-state index in [9.17, 15) is 19.8 Å². The van der Waals surface area contributed by atoms with Gasteiger partial charge in [0.05, 0.1) is 25.4 Å². The first-order valence-electron chi connectivity index (χ1n) is 39.6. The van der Waals surface area contributed by atoms with Crippen LogP contribution in [0.5, 0.6) is 0 Å². The molecule has 0 saturated heterocycles. The number of hydrogen-bond acceptors (Lipinski definition) is 5. The van der Waals surface area contributed by atoms with Gasteiger partial charge in [-0.3, -0.25) is 9.59 Å². The van der Waals surface area contributed by atoms with Crippen molar-refractivity contribution in [3.8, 4) is 0 Å². The summed E-state index contributed by atoms with van der Waals surface area (Å²) >= 11 is 0. The zero-order valence-corrected chi connectivity index (χ0v) is 58.6. The summed E-state index contributed by atoms with van der Waals surface area (Å²) in [5, 5.41) is 23.5. The third kappa shape index (κ3) is 71.4. The fourth-order valence-electron chi connectivity index (χ4n) is 12.7. The van der Waals surface area contributed by atoms with E-state index in [2.05, 4.69) is 43.5 Å². The van der Waals surface area contributed by atoms with Gasteiger partial charge in [0.1, 0.15) is 0 Å². The van der Waals surface area contributed by atoms with Crippen LogP contribution in [0.25, 0.3) is 0 Å². The van der Waals surface area contributed by atoms with E-state index in [1.54, 1.807) is 0 Å². The summed E-state index contributed by atoms with van der Waals surface area (Å²) in [6.07, 6.45) is 97.0. The highest BCUT2D eigenvalue weighted by molar-refractivity contribution is 5.76. The van der Waals surface area contributed by atoms with Crippen molar-refractivity contribution >= 4 is 11.9 Å². The largest absolute Gasteiger partial charge is 0.466 e. The van der Waals surface area contributed by atoms with Crippen molar-refractivity contribution in [1.29, 1.82) is 0 Å². The lowest BCUT2D eigenvalue weighted by molar-refractivity contribution is -0.143. The molecule has 2 atom stereocenters. The SMILES string of the molecule is CCCCCCCCCCCCCCCCCCCCCCCCC(O)C(CO)NC(=O)CCCCCCCCCCCCCCCCCCC/C=C\C/C=C\CCCCCCCCCCCCCOC(=O)CCCCCCCCCCCCCC. The number of carbonyl (C=O) groups is 2. The Kier molecular flexibility index (Phi) is 74.3. The van der Waals surface area contributed by atoms with E-state index in [0.717, 1.165) is 44.9 Å². The second kappa shape index (κ2) is 75.8. The van der Waals surface area contributed by atoms with E-state index >= 15 is 0 Å². The maximum absolute atomic E-state index is 12.6. The molecule has 1 amide bonds. The highest BCUT2D eigenvalue weighted by Gasteiger charge is 2.20. The predicted molar refractivity (Wildman–Crippen MR) is 380 cm³/mol. The molecule has 0 saturated carbocycles. The fourth-order valence-corrected chi connectivity index (χ4v) is 12.7. The molecule has 6 heteroatoms. The number of aliphatic hydroxyl groups is 2. The molecule has 86 heavy (non-hydrogen) atoms. The van der Waals surface area contributed by atoms with Gasteiger partial charge in [-0.1, -0.05) is 404 Å². The molecule has 0 aromatic carbocycles. The molecule has 2 unspecified atom stereocenters. The smallest absolute Gasteiger partial charge is 0.305 e. The summed E-state index contributed by atoms with van der Waals surface area (Å²) in [4.78, 5) is 24.6. The molecule has 0 aliphatic heterocycles. The molecule has 510 valence electrons. The van der Waals surface area contributed by atoms with Crippen LogP contribution in [0.3, 0.4) is 0 Å². The molecule has 3 N–H and O–H groups in total. The number of nitrogens with one attached hydrogen (secondary N) is 1. The lowest BCUT2D eigenvalue weighted by Crippen LogP contribution is -2.45. The third-order valence-corrected chi connectivity index (χ3v) is 18.8. The monoisotopic (exact) mass is 1210 g/mol. The van der Waals surface area contributed by atoms with Crippen molar-refractivity contribution in [2.24, 2.45) is 0 Å². The van der Waals surface area contributed by atoms with Gasteiger partial charge in [0, 0.05) is 12.8 Å². The van der Waals surface area contributed by atoms with Crippen LogP contribution < -0.4 is 5.32 Å². The van der Waals surface area contributed by atoms with Crippen molar-refractivity contribution < 1.29 is 24.5 Å². The number of allylic oxidation sites excluding steroid dienone is 4. The molecular weight excluding hydrogens is 1050 g/mol. The van der Waals surface area contributed by atoms with Gasteiger partial charge in [-0.2, -0.15) is 0 Å². The van der Waals surface area contributed by atoms with Gasteiger partial charge in [-0.15, -0.1) is 0 Å². The standard InChI is InChI=1S/C80H155NO5/c1-3-5-7-9-11-13-15-17-18-19-20-21-37-40-43-46-49-52-56-60-64-68-72-78(83)77(76-82)81-79(84)73-69-65-61-57-53-50-47-44-41-38-35-33-31-29-27-25-23-22-24-26-28-30-32-34-36-39-42-45-48-51-55-59-63-67-71-75-86-80(85)74-70-66-62-58-54-16-14-12-10-8-6-4-2/h24,26,30,32,77-78,82-83H,3-23,25,27-29,31,33-76H2,1-2H3,(H,81,84)/b26-24-,32-30-. The molecule has 0 bridgehead atoms. The minimum atomic E-state index is -0.664. The maximum atomic E-state index is 12.6. The fraction of sp³-hybridized carbons (Fsp3) is 0.925. The van der Waals surface area contributed by atoms with Gasteiger partial charge in [-0.25, -0.2) is 0 Å². The third-order valence-electron chi connectivity index (χ3n) is 18.8. The first kappa shape index (κ1) is 84.3. The Morgan fingerprint density at radius 3 is 0.884 bits per heavy atom. The number of esters is 1. The number of amides is 1. The van der Waals surface area contributed by atoms with Crippen molar-refractivity contribution in [1.82, 2.24) is 5.32 Å². The molecule has 0 aromatic heterocycles. The van der Waals surface area contributed by atoms with Gasteiger partial charge in [-0.05, 0) is 57.8 Å². The lowest BCUT2D eigenvalue weighted by atomic mass is 10.0. The van der Waals surface area contributed by atoms with E-state index in [0.29, 0.717) is 25.9 Å². The quantitative estimate of drug-likeness (QED) is 0.0320. The van der Waals surface area contributed by atoms with Crippen molar-refractivity contribution in [2.75, 3.05) is 13.2 Å². The Bertz CT molecular complexity index is 1350. The Hall–Kier alpha value is -1.66. The first-order valence-corrected chi connectivity index (χ1v) is 39.6. The van der Waals surface area contributed by atoms with Crippen LogP contribution >= 0.6 is 0 Å². The van der Waals surface area contributed by atoms with Crippen LogP contribution in [-0.2, 0) is 14.3 Å². The summed E-state index contributed by atoms with van der Waals surface area (Å²) in [5.74, 6) is -0.00878. The van der Waals surface area contributed by atoms with Crippen molar-refractivity contribution in [3.05, 3.63) is 24.3 Å². The second-order valence-corrected chi connectivity index (χ2v) is 27.4. The Labute approximate surface area is 539 Å². The number of carbonyl (C=O) groups excluding carboxylic acids is 2. The molecule has 0 fully saturated rings. The van der Waals surface area contributed by atoms with E-state index in [4.69, 9.17) is 4.74 Å². The van der Waals surface area contributed by atoms with Gasteiger partial charge in [0.2, 0.25) is 5.91 Å². The molecule has 0 aliphatic rings. The Morgan fingerprint density at radius 1 is 0.326 bits per heavy atom. The number of unbranched alkanes of at least 4 members (excludes halogenated alkanes) is 60. The minimum Gasteiger partial charge on any atom is -0.466 e. The lowest BCUT2D eigenvalue weighted by Gasteiger charge is -2.22. The number of rotatable bonds is 75. The highest BCUT2D eigenvalue weighted by atomic mass is 16.5. The highest BCUT2D eigenvalue weighted by Crippen LogP contribution is 2.20. The normalized spacial score (nSPS) is 12.6. The van der Waals surface area contributed by atoms with Gasteiger partial charge >= 0.3 is 5.97 Å². The maximum Gasteiger partial charge on any atom is 0.305 e. The zero-order chi connectivity index (χ0) is 62.0. The first-order chi connectivity index (χ1) is 42.5. The number of ether oxygens (including phenoxy) is 1. The molecule has 0 heterocycles. The summed E-state index contributed by atoms with van der Waals surface area (Å²) in [7, 11) is 0. The van der Waals surface area contributed by atoms with E-state index in [1.807, 2.05) is 0 Å². The average Bonchev–Trinajstić information content (AvgIpc) is 3.59. The number of hydrogen-bond donors (Lipinski definition) is 3. The van der Waals surface area contributed by atoms with Crippen LogP contribution in [-0.4, -0.2) is 47.4 Å². The summed E-state index contributed by atoms with van der Waals surface area (Å²) in [6.45, 7) is 5.00. The van der Waals surface area contributed by atoms with Gasteiger partial charge < -0.3 is 20.3 Å². The molecule has 0 radical (unpaired) electrons. The topological polar surface area (TPSA) is 95.9 Å². The molecule has 0 aromatic rings. The summed E-state index contributed by atoms with van der Waals surface area (Å²) < 4.78 is 5.48. The van der Waals surface area contributed by atoms with Gasteiger partial charge in [0.15, 0.2) is 0 Å². The zero-order valence-electron chi connectivity index (χ0n) is 58.6. The Morgan fingerprint density at radius 2 is 0.581 bits per heavy atom. The van der Waals surface area contributed by atoms with E-state index < -0.39 is 12.1 Å². The second-order valence-electron chi connectivity index (χ2n) is 27.4. The molecular formula is C80H155NO5. The van der Waals surface area contributed by atoms with E-state index in [1.165, 1.54) is 372 Å². The van der Waals surface area contributed by atoms with Crippen molar-refractivity contribution in [2.45, 2.75) is 463 Å². The minimum absolute atomic E-state index is 0.0184. The van der Waals surface area contributed by atoms with Crippen molar-refractivity contribution in [3.63, 3.8) is 0 Å². The summed E-state index contributed by atoms with van der Waals surface area (Å²) in [6, 6.07) is -0.541. The summed E-state index contributed by atoms with van der Waals surface area (Å²) in [5.41, 5.74) is 0. The molecule has 0 rings (SSSR count). The predicted octanol–water partition coefficient (Wildman–Crippen LogP) is 26.0. The Balaban J connectivity index is 3.37. The molecule has 6 nitrogen and oxygen atoms in total. The van der Waals surface area contributed by atoms with Crippen LogP contribution in [0, 0.1) is 0 Å². The van der Waals surface area contributed by atoms with Gasteiger partial charge in [0.25, 0.3) is 0 Å². The molecule has 0 spiro atoms. The van der Waals surface area contributed by atoms with Crippen LogP contribution in [0.1, 0.15) is 450 Å². The molecule has 0 aliphatic carbocycles. The number of aliphatic hydroxyl groups excluding tert-OH is 2. The average molecular weight is 1210 g/mol. The van der Waals surface area contributed by atoms with Crippen LogP contribution in [0.2, 0.25) is 0 Å². The van der Waals surface area contributed by atoms with Crippen LogP contribution in [0.4, 0.5) is 0 Å². The van der Waals surface area contributed by atoms with E-state index in [-0.39, 0.29) is 18.5 Å². The van der Waals surface area contributed by atoms with Crippen LogP contribution in [0.15, 0.2) is 24.3 Å².